The summed E-state index contributed by atoms with van der Waals surface area (Å²) in [5, 5.41) is 0. The summed E-state index contributed by atoms with van der Waals surface area (Å²) in [6.45, 7) is 3.77. The summed E-state index contributed by atoms with van der Waals surface area (Å²) in [5.41, 5.74) is 1.67. The highest BCUT2D eigenvalue weighted by Gasteiger charge is 2.22. The van der Waals surface area contributed by atoms with Gasteiger partial charge in [-0.2, -0.15) is 8.42 Å². The second-order valence-corrected chi connectivity index (χ2v) is 8.28. The van der Waals surface area contributed by atoms with Crippen molar-refractivity contribution in [2.24, 2.45) is 4.40 Å². The van der Waals surface area contributed by atoms with Crippen molar-refractivity contribution in [1.82, 2.24) is 4.90 Å². The van der Waals surface area contributed by atoms with Crippen LogP contribution in [0.15, 0.2) is 63.9 Å². The third-order valence-corrected chi connectivity index (χ3v) is 5.76. The number of hydrogen-bond donors (Lipinski definition) is 0. The zero-order valence-corrected chi connectivity index (χ0v) is 17.2. The molecule has 27 heavy (non-hydrogen) atoms. The first kappa shape index (κ1) is 21.4. The fourth-order valence-corrected chi connectivity index (χ4v) is 3.81. The molecule has 2 aromatic carbocycles. The maximum Gasteiger partial charge on any atom is 0.285 e. The second-order valence-electron chi connectivity index (χ2n) is 6.67. The van der Waals surface area contributed by atoms with E-state index in [0.29, 0.717) is 5.56 Å². The molecule has 0 aliphatic carbocycles. The van der Waals surface area contributed by atoms with Crippen molar-refractivity contribution in [3.63, 3.8) is 0 Å². The average molecular weight is 409 g/mol. The van der Waals surface area contributed by atoms with Crippen LogP contribution >= 0.6 is 12.4 Å². The molecule has 0 amide bonds. The molecular weight excluding hydrogens is 384 g/mol. The summed E-state index contributed by atoms with van der Waals surface area (Å²) in [5.74, 6) is 0.167. The van der Waals surface area contributed by atoms with Crippen molar-refractivity contribution in [2.75, 3.05) is 20.1 Å². The first-order chi connectivity index (χ1) is 12.4. The summed E-state index contributed by atoms with van der Waals surface area (Å²) in [6, 6.07) is 15.9. The molecule has 0 radical (unpaired) electrons. The van der Waals surface area contributed by atoms with Crippen molar-refractivity contribution in [1.29, 1.82) is 0 Å². The molecule has 0 bridgehead atoms. The van der Waals surface area contributed by atoms with E-state index in [2.05, 4.69) is 16.3 Å². The largest absolute Gasteiger partial charge is 0.473 e. The van der Waals surface area contributed by atoms with Gasteiger partial charge in [-0.1, -0.05) is 35.9 Å². The monoisotopic (exact) mass is 408 g/mol. The Morgan fingerprint density at radius 1 is 1.04 bits per heavy atom. The van der Waals surface area contributed by atoms with Gasteiger partial charge in [-0.05, 0) is 51.1 Å². The number of hydrogen-bond acceptors (Lipinski definition) is 4. The van der Waals surface area contributed by atoms with Crippen LogP contribution in [-0.2, 0) is 14.8 Å². The summed E-state index contributed by atoms with van der Waals surface area (Å²) >= 11 is 0. The lowest BCUT2D eigenvalue weighted by atomic mass is 10.1. The first-order valence-corrected chi connectivity index (χ1v) is 10.2. The standard InChI is InChI=1S/C20H24N2O3S.ClH/c1-16-8-10-19(11-9-16)26(23,24)21-20(17-6-4-3-5-7-17)25-18-12-14-22(2)15-13-18;/h3-11,18H,12-15H2,1-2H3;1H. The Balaban J connectivity index is 0.00000261. The number of sulfonamides is 1. The molecule has 0 aromatic heterocycles. The van der Waals surface area contributed by atoms with Crippen LogP contribution in [0.1, 0.15) is 24.0 Å². The fourth-order valence-electron chi connectivity index (χ4n) is 2.86. The van der Waals surface area contributed by atoms with Gasteiger partial charge in [0.05, 0.1) is 4.90 Å². The van der Waals surface area contributed by atoms with Crippen molar-refractivity contribution < 1.29 is 13.2 Å². The Hall–Kier alpha value is -1.89. The summed E-state index contributed by atoms with van der Waals surface area (Å²) in [4.78, 5) is 2.41. The smallest absolute Gasteiger partial charge is 0.285 e. The van der Waals surface area contributed by atoms with Crippen LogP contribution in [0.5, 0.6) is 0 Å². The number of benzene rings is 2. The van der Waals surface area contributed by atoms with Crippen molar-refractivity contribution in [2.45, 2.75) is 30.8 Å². The molecule has 1 aliphatic heterocycles. The van der Waals surface area contributed by atoms with E-state index in [9.17, 15) is 8.42 Å². The zero-order chi connectivity index (χ0) is 18.6. The Morgan fingerprint density at radius 2 is 1.63 bits per heavy atom. The molecule has 0 saturated carbocycles. The molecule has 0 spiro atoms. The molecule has 5 nitrogen and oxygen atoms in total. The molecule has 1 aliphatic rings. The van der Waals surface area contributed by atoms with Crippen LogP contribution < -0.4 is 0 Å². The topological polar surface area (TPSA) is 59.0 Å². The Morgan fingerprint density at radius 3 is 2.22 bits per heavy atom. The highest BCUT2D eigenvalue weighted by Crippen LogP contribution is 2.19. The van der Waals surface area contributed by atoms with E-state index < -0.39 is 10.0 Å². The Bertz CT molecular complexity index is 860. The third kappa shape index (κ3) is 5.79. The molecule has 146 valence electrons. The highest BCUT2D eigenvalue weighted by atomic mass is 35.5. The first-order valence-electron chi connectivity index (χ1n) is 8.76. The minimum atomic E-state index is -3.83. The van der Waals surface area contributed by atoms with Gasteiger partial charge in [-0.3, -0.25) is 0 Å². The summed E-state index contributed by atoms with van der Waals surface area (Å²) in [7, 11) is -1.76. The van der Waals surface area contributed by atoms with Crippen molar-refractivity contribution in [3.05, 3.63) is 65.7 Å². The maximum absolute atomic E-state index is 12.7. The van der Waals surface area contributed by atoms with E-state index in [4.69, 9.17) is 4.74 Å². The average Bonchev–Trinajstić information content (AvgIpc) is 2.64. The van der Waals surface area contributed by atoms with Crippen LogP contribution in [-0.4, -0.2) is 45.5 Å². The number of aryl methyl sites for hydroxylation is 1. The number of piperidine rings is 1. The van der Waals surface area contributed by atoms with Gasteiger partial charge >= 0.3 is 0 Å². The quantitative estimate of drug-likeness (QED) is 0.572. The molecule has 1 fully saturated rings. The lowest BCUT2D eigenvalue weighted by molar-refractivity contribution is 0.106. The molecule has 0 unspecified atom stereocenters. The predicted molar refractivity (Wildman–Crippen MR) is 110 cm³/mol. The number of rotatable bonds is 4. The molecule has 1 saturated heterocycles. The SMILES string of the molecule is Cc1ccc(S(=O)(=O)N=C(OC2CCN(C)CC2)c2ccccc2)cc1.Cl. The van der Waals surface area contributed by atoms with Gasteiger partial charge in [0.2, 0.25) is 5.90 Å². The second kappa shape index (κ2) is 9.35. The Labute approximate surface area is 167 Å². The number of nitrogens with zero attached hydrogens (tertiary/aromatic N) is 2. The minimum absolute atomic E-state index is 0. The van der Waals surface area contributed by atoms with Gasteiger partial charge in [0, 0.05) is 18.7 Å². The van der Waals surface area contributed by atoms with Gasteiger partial charge in [0.1, 0.15) is 6.10 Å². The molecule has 7 heteroatoms. The van der Waals surface area contributed by atoms with E-state index in [0.717, 1.165) is 31.5 Å². The molecule has 2 aromatic rings. The Kier molecular flexibility index (Phi) is 7.41. The molecule has 0 N–H and O–H groups in total. The van der Waals surface area contributed by atoms with E-state index in [1.54, 1.807) is 24.3 Å². The lowest BCUT2D eigenvalue weighted by Gasteiger charge is -2.29. The van der Waals surface area contributed by atoms with Gasteiger partial charge < -0.3 is 9.64 Å². The van der Waals surface area contributed by atoms with Crippen LogP contribution in [0.4, 0.5) is 0 Å². The van der Waals surface area contributed by atoms with Crippen LogP contribution in [0.25, 0.3) is 0 Å². The van der Waals surface area contributed by atoms with Crippen LogP contribution in [0, 0.1) is 6.92 Å². The van der Waals surface area contributed by atoms with Gasteiger partial charge in [-0.15, -0.1) is 16.8 Å². The van der Waals surface area contributed by atoms with E-state index in [1.165, 1.54) is 0 Å². The zero-order valence-electron chi connectivity index (χ0n) is 15.5. The molecule has 3 rings (SSSR count). The van der Waals surface area contributed by atoms with Crippen LogP contribution in [0.3, 0.4) is 0 Å². The van der Waals surface area contributed by atoms with E-state index in [-0.39, 0.29) is 29.3 Å². The van der Waals surface area contributed by atoms with Crippen LogP contribution in [0.2, 0.25) is 0 Å². The van der Waals surface area contributed by atoms with Gasteiger partial charge in [-0.25, -0.2) is 0 Å². The molecule has 1 heterocycles. The lowest BCUT2D eigenvalue weighted by Crippen LogP contribution is -2.35. The van der Waals surface area contributed by atoms with Gasteiger partial charge in [0.15, 0.2) is 0 Å². The highest BCUT2D eigenvalue weighted by molar-refractivity contribution is 7.90. The third-order valence-electron chi connectivity index (χ3n) is 4.49. The summed E-state index contributed by atoms with van der Waals surface area (Å²) < 4.78 is 35.6. The van der Waals surface area contributed by atoms with Crippen molar-refractivity contribution in [3.8, 4) is 0 Å². The number of halogens is 1. The van der Waals surface area contributed by atoms with E-state index in [1.807, 2.05) is 37.3 Å². The number of ether oxygens (including phenoxy) is 1. The van der Waals surface area contributed by atoms with Crippen molar-refractivity contribution >= 4 is 28.3 Å². The predicted octanol–water partition coefficient (Wildman–Crippen LogP) is 3.66. The molecular formula is C20H25ClN2O3S. The normalized spacial score (nSPS) is 16.6. The maximum atomic E-state index is 12.7. The van der Waals surface area contributed by atoms with E-state index >= 15 is 0 Å². The summed E-state index contributed by atoms with van der Waals surface area (Å²) in [6.07, 6.45) is 1.68. The number of likely N-dealkylation sites (tertiary alicyclic amines) is 1. The fraction of sp³-hybridized carbons (Fsp3) is 0.350. The minimum Gasteiger partial charge on any atom is -0.473 e. The van der Waals surface area contributed by atoms with Gasteiger partial charge in [0.25, 0.3) is 10.0 Å². The molecule has 0 atom stereocenters.